The number of rotatable bonds is 4. The monoisotopic (exact) mass is 453 g/mol. The minimum atomic E-state index is -3.84. The van der Waals surface area contributed by atoms with E-state index in [0.717, 1.165) is 23.9 Å². The predicted molar refractivity (Wildman–Crippen MR) is 123 cm³/mol. The highest BCUT2D eigenvalue weighted by Gasteiger charge is 2.44. The highest BCUT2D eigenvalue weighted by molar-refractivity contribution is 7.89. The predicted octanol–water partition coefficient (Wildman–Crippen LogP) is 3.49. The number of primary sulfonamides is 1. The first-order valence-electron chi connectivity index (χ1n) is 11.0. The van der Waals surface area contributed by atoms with E-state index >= 15 is 0 Å². The van der Waals surface area contributed by atoms with Crippen LogP contribution in [-0.2, 0) is 22.1 Å². The van der Waals surface area contributed by atoms with Gasteiger partial charge in [-0.05, 0) is 37.0 Å². The number of sulfonamides is 1. The Labute approximate surface area is 187 Å². The van der Waals surface area contributed by atoms with E-state index in [1.807, 2.05) is 6.20 Å². The molecule has 3 N–H and O–H groups in total. The van der Waals surface area contributed by atoms with E-state index in [1.165, 1.54) is 42.9 Å². The number of hydrogen-bond acceptors (Lipinski definition) is 7. The number of nitrogens with one attached hydrogen (secondary N) is 1. The molecule has 32 heavy (non-hydrogen) atoms. The van der Waals surface area contributed by atoms with Gasteiger partial charge < -0.3 is 9.88 Å². The van der Waals surface area contributed by atoms with Gasteiger partial charge in [-0.1, -0.05) is 33.1 Å². The minimum Gasteiger partial charge on any atom is -0.323 e. The van der Waals surface area contributed by atoms with Crippen molar-refractivity contribution in [2.75, 3.05) is 5.32 Å². The van der Waals surface area contributed by atoms with Crippen LogP contribution in [0.3, 0.4) is 0 Å². The summed E-state index contributed by atoms with van der Waals surface area (Å²) in [4.78, 5) is 18.3. The van der Waals surface area contributed by atoms with Gasteiger partial charge in [0.15, 0.2) is 5.03 Å². The molecule has 0 aromatic carbocycles. The molecule has 2 aliphatic rings. The normalized spacial score (nSPS) is 18.1. The summed E-state index contributed by atoms with van der Waals surface area (Å²) in [6.45, 7) is 5.12. The largest absolute Gasteiger partial charge is 0.323 e. The number of hydrogen-bond donors (Lipinski definition) is 2. The van der Waals surface area contributed by atoms with Crippen LogP contribution in [-0.4, -0.2) is 33.6 Å². The lowest BCUT2D eigenvalue weighted by Crippen LogP contribution is -2.48. The molecule has 0 amide bonds. The molecule has 3 aromatic rings. The number of anilines is 2. The molecule has 168 valence electrons. The smallest absolute Gasteiger partial charge is 0.255 e. The molecular formula is C22H27N7O2S. The zero-order chi connectivity index (χ0) is 22.5. The van der Waals surface area contributed by atoms with Gasteiger partial charge in [-0.2, -0.15) is 4.98 Å². The Balaban J connectivity index is 1.56. The first-order chi connectivity index (χ1) is 15.3. The van der Waals surface area contributed by atoms with Crippen molar-refractivity contribution in [2.45, 2.75) is 63.1 Å². The third-order valence-corrected chi connectivity index (χ3v) is 7.27. The Hall–Kier alpha value is -2.85. The van der Waals surface area contributed by atoms with Crippen molar-refractivity contribution in [3.05, 3.63) is 36.3 Å². The lowest BCUT2D eigenvalue weighted by atomic mass is 9.73. The van der Waals surface area contributed by atoms with Gasteiger partial charge in [0.1, 0.15) is 5.65 Å². The molecule has 0 atom stereocenters. The minimum absolute atomic E-state index is 0.119. The summed E-state index contributed by atoms with van der Waals surface area (Å²) in [7, 11) is -3.84. The van der Waals surface area contributed by atoms with Gasteiger partial charge in [-0.25, -0.2) is 23.5 Å². The van der Waals surface area contributed by atoms with Crippen molar-refractivity contribution < 1.29 is 8.42 Å². The second-order valence-electron chi connectivity index (χ2n) is 8.95. The Morgan fingerprint density at radius 1 is 1.12 bits per heavy atom. The molecule has 0 bridgehead atoms. The van der Waals surface area contributed by atoms with Gasteiger partial charge in [-0.3, -0.25) is 4.99 Å². The van der Waals surface area contributed by atoms with Crippen LogP contribution in [0.4, 0.5) is 11.6 Å². The van der Waals surface area contributed by atoms with Gasteiger partial charge in [-0.15, -0.1) is 0 Å². The van der Waals surface area contributed by atoms with Gasteiger partial charge >= 0.3 is 0 Å². The lowest BCUT2D eigenvalue weighted by Gasteiger charge is -2.44. The van der Waals surface area contributed by atoms with Gasteiger partial charge in [0, 0.05) is 23.0 Å². The van der Waals surface area contributed by atoms with E-state index < -0.39 is 10.0 Å². The third-order valence-electron chi connectivity index (χ3n) is 6.44. The summed E-state index contributed by atoms with van der Waals surface area (Å²) in [5, 5.41) is 9.08. The summed E-state index contributed by atoms with van der Waals surface area (Å²) in [5.41, 5.74) is 3.82. The van der Waals surface area contributed by atoms with Crippen molar-refractivity contribution in [3.63, 3.8) is 0 Å². The molecule has 1 aliphatic heterocycles. The van der Waals surface area contributed by atoms with Crippen LogP contribution in [0.25, 0.3) is 11.0 Å². The molecule has 5 rings (SSSR count). The van der Waals surface area contributed by atoms with E-state index in [-0.39, 0.29) is 10.6 Å². The summed E-state index contributed by atoms with van der Waals surface area (Å²) < 4.78 is 25.3. The fourth-order valence-electron chi connectivity index (χ4n) is 5.21. The number of nitrogens with zero attached hydrogens (tertiary/aromatic N) is 5. The van der Waals surface area contributed by atoms with Gasteiger partial charge in [0.05, 0.1) is 24.0 Å². The molecular weight excluding hydrogens is 426 g/mol. The molecule has 4 heterocycles. The summed E-state index contributed by atoms with van der Waals surface area (Å²) in [6, 6.07) is 5.11. The van der Waals surface area contributed by atoms with Crippen LogP contribution < -0.4 is 10.5 Å². The molecule has 1 aliphatic carbocycles. The number of nitrogens with two attached hydrogens (primary N) is 1. The zero-order valence-electron chi connectivity index (χ0n) is 18.2. The average molecular weight is 454 g/mol. The number of pyridine rings is 1. The topological polar surface area (TPSA) is 128 Å². The van der Waals surface area contributed by atoms with E-state index in [0.29, 0.717) is 24.1 Å². The molecule has 10 heteroatoms. The molecule has 0 radical (unpaired) electrons. The van der Waals surface area contributed by atoms with E-state index in [9.17, 15) is 8.42 Å². The van der Waals surface area contributed by atoms with Crippen LogP contribution in [0.1, 0.15) is 51.6 Å². The van der Waals surface area contributed by atoms with Crippen molar-refractivity contribution in [1.82, 2.24) is 19.5 Å². The zero-order valence-corrected chi connectivity index (χ0v) is 19.1. The maximum absolute atomic E-state index is 11.4. The quantitative estimate of drug-likeness (QED) is 0.622. The van der Waals surface area contributed by atoms with E-state index in [4.69, 9.17) is 15.1 Å². The van der Waals surface area contributed by atoms with Gasteiger partial charge in [0.2, 0.25) is 5.95 Å². The van der Waals surface area contributed by atoms with Crippen LogP contribution in [0, 0.1) is 5.92 Å². The number of aliphatic imine (C=N–C) groups is 1. The fraction of sp³-hybridized carbons (Fsp3) is 0.455. The molecule has 0 saturated heterocycles. The van der Waals surface area contributed by atoms with Crippen LogP contribution in [0.2, 0.25) is 0 Å². The Kier molecular flexibility index (Phi) is 5.01. The third kappa shape index (κ3) is 3.47. The van der Waals surface area contributed by atoms with E-state index in [1.54, 1.807) is 6.07 Å². The number of aromatic nitrogens is 4. The van der Waals surface area contributed by atoms with Crippen LogP contribution in [0.5, 0.6) is 0 Å². The van der Waals surface area contributed by atoms with Crippen molar-refractivity contribution in [2.24, 2.45) is 16.0 Å². The van der Waals surface area contributed by atoms with Crippen molar-refractivity contribution >= 4 is 38.4 Å². The van der Waals surface area contributed by atoms with Crippen LogP contribution in [0.15, 0.2) is 40.6 Å². The Morgan fingerprint density at radius 2 is 1.91 bits per heavy atom. The first kappa shape index (κ1) is 21.0. The molecule has 9 nitrogen and oxygen atoms in total. The summed E-state index contributed by atoms with van der Waals surface area (Å²) in [5.74, 6) is 0.810. The maximum Gasteiger partial charge on any atom is 0.255 e. The lowest BCUT2D eigenvalue weighted by molar-refractivity contribution is 0.267. The summed E-state index contributed by atoms with van der Waals surface area (Å²) >= 11 is 0. The van der Waals surface area contributed by atoms with E-state index in [2.05, 4.69) is 39.8 Å². The molecule has 1 saturated carbocycles. The van der Waals surface area contributed by atoms with Crippen LogP contribution >= 0.6 is 0 Å². The molecule has 3 aromatic heterocycles. The molecule has 1 fully saturated rings. The average Bonchev–Trinajstić information content (AvgIpc) is 3.13. The van der Waals surface area contributed by atoms with Crippen molar-refractivity contribution in [1.29, 1.82) is 0 Å². The standard InChI is InChI=1S/C22H27N7O2S/c1-14(2)19-22(8-4-3-5-9-22)29-17(13-25-19)10-15-11-26-21(28-20(15)29)27-16-6-7-18(24-12-16)32(23,30)31/h6-7,10-12,14H,3-5,8-9,13H2,1-2H3,(H2,23,30,31)(H,26,27,28). The maximum atomic E-state index is 11.4. The van der Waals surface area contributed by atoms with Gasteiger partial charge in [0.25, 0.3) is 10.0 Å². The SMILES string of the molecule is CC(C)C1=NCc2cc3cnc(Nc4ccc(S(N)(=O)=O)nc4)nc3n2C12CCCCC2. The summed E-state index contributed by atoms with van der Waals surface area (Å²) in [6.07, 6.45) is 9.01. The molecule has 0 unspecified atom stereocenters. The first-order valence-corrected chi connectivity index (χ1v) is 12.5. The second kappa shape index (κ2) is 7.63. The number of fused-ring (bicyclic) bond motifs is 4. The Bertz CT molecular complexity index is 1300. The fourth-order valence-corrected chi connectivity index (χ4v) is 5.67. The second-order valence-corrected chi connectivity index (χ2v) is 10.5. The molecule has 1 spiro atoms. The highest BCUT2D eigenvalue weighted by atomic mass is 32.2. The highest BCUT2D eigenvalue weighted by Crippen LogP contribution is 2.44. The van der Waals surface area contributed by atoms with Crippen molar-refractivity contribution in [3.8, 4) is 0 Å². The Morgan fingerprint density at radius 3 is 2.56 bits per heavy atom.